The van der Waals surface area contributed by atoms with Crippen molar-refractivity contribution in [2.75, 3.05) is 0 Å². The van der Waals surface area contributed by atoms with E-state index in [1.165, 1.54) is 4.70 Å². The summed E-state index contributed by atoms with van der Waals surface area (Å²) in [4.78, 5) is 4.61. The molecular weight excluding hydrogens is 356 g/mol. The van der Waals surface area contributed by atoms with E-state index in [1.54, 1.807) is 11.3 Å². The maximum atomic E-state index is 6.28. The lowest BCUT2D eigenvalue weighted by Gasteiger charge is -2.12. The zero-order valence-electron chi connectivity index (χ0n) is 10.5. The molecule has 102 valence electrons. The van der Waals surface area contributed by atoms with Gasteiger partial charge in [0.05, 0.1) is 15.2 Å². The van der Waals surface area contributed by atoms with E-state index in [0.717, 1.165) is 20.6 Å². The predicted octanol–water partition coefficient (Wildman–Crippen LogP) is 4.95. The zero-order valence-corrected chi connectivity index (χ0v) is 13.7. The zero-order chi connectivity index (χ0) is 14.1. The number of nitrogens with zero attached hydrogens (tertiary/aromatic N) is 1. The van der Waals surface area contributed by atoms with Crippen LogP contribution in [0.15, 0.2) is 46.9 Å². The summed E-state index contributed by atoms with van der Waals surface area (Å²) >= 11 is 11.4. The fraction of sp³-hybridized carbons (Fsp3) is 0.133. The monoisotopic (exact) mass is 366 g/mol. The van der Waals surface area contributed by atoms with Crippen LogP contribution in [0, 0.1) is 0 Å². The molecule has 0 saturated carbocycles. The standard InChI is InChI=1S/C15H12BrClN2S/c16-9-5-6-11(17)10(7-9)12(18)8-15-19-13-3-1-2-4-14(13)20-15/h1-7,12H,8,18H2. The van der Waals surface area contributed by atoms with Crippen molar-refractivity contribution in [2.45, 2.75) is 12.5 Å². The SMILES string of the molecule is NC(Cc1nc2ccccc2s1)c1cc(Br)ccc1Cl. The molecule has 3 rings (SSSR count). The number of para-hydroxylation sites is 1. The van der Waals surface area contributed by atoms with Gasteiger partial charge in [-0.05, 0) is 35.9 Å². The number of nitrogens with two attached hydrogens (primary N) is 1. The molecule has 0 radical (unpaired) electrons. The number of benzene rings is 2. The fourth-order valence-electron chi connectivity index (χ4n) is 2.10. The Morgan fingerprint density at radius 1 is 1.25 bits per heavy atom. The van der Waals surface area contributed by atoms with Gasteiger partial charge in [-0.15, -0.1) is 11.3 Å². The van der Waals surface area contributed by atoms with Crippen LogP contribution in [0.2, 0.25) is 5.02 Å². The number of aromatic nitrogens is 1. The molecule has 2 nitrogen and oxygen atoms in total. The summed E-state index contributed by atoms with van der Waals surface area (Å²) in [7, 11) is 0. The quantitative estimate of drug-likeness (QED) is 0.711. The van der Waals surface area contributed by atoms with Crippen LogP contribution >= 0.6 is 38.9 Å². The van der Waals surface area contributed by atoms with E-state index in [4.69, 9.17) is 17.3 Å². The number of rotatable bonds is 3. The average Bonchev–Trinajstić information content (AvgIpc) is 2.83. The van der Waals surface area contributed by atoms with Gasteiger partial charge in [-0.1, -0.05) is 39.7 Å². The summed E-state index contributed by atoms with van der Waals surface area (Å²) in [6.07, 6.45) is 0.690. The number of halogens is 2. The van der Waals surface area contributed by atoms with Crippen molar-refractivity contribution in [3.05, 3.63) is 62.5 Å². The first-order valence-corrected chi connectivity index (χ1v) is 8.17. The fourth-order valence-corrected chi connectivity index (χ4v) is 3.77. The largest absolute Gasteiger partial charge is 0.324 e. The lowest BCUT2D eigenvalue weighted by Crippen LogP contribution is -2.13. The van der Waals surface area contributed by atoms with Crippen LogP contribution < -0.4 is 5.73 Å². The minimum absolute atomic E-state index is 0.152. The maximum Gasteiger partial charge on any atom is 0.0957 e. The van der Waals surface area contributed by atoms with Gasteiger partial charge in [-0.25, -0.2) is 4.98 Å². The smallest absolute Gasteiger partial charge is 0.0957 e. The first kappa shape index (κ1) is 14.0. The second-order valence-electron chi connectivity index (χ2n) is 4.55. The molecule has 5 heteroatoms. The van der Waals surface area contributed by atoms with Gasteiger partial charge in [0, 0.05) is 22.0 Å². The molecule has 0 aliphatic heterocycles. The van der Waals surface area contributed by atoms with Crippen LogP contribution in [0.25, 0.3) is 10.2 Å². The Bertz CT molecular complexity index is 723. The molecule has 1 atom stereocenters. The number of fused-ring (bicyclic) bond motifs is 1. The normalized spacial score (nSPS) is 12.8. The van der Waals surface area contributed by atoms with Crippen molar-refractivity contribution < 1.29 is 0 Å². The van der Waals surface area contributed by atoms with Crippen LogP contribution in [0.4, 0.5) is 0 Å². The summed E-state index contributed by atoms with van der Waals surface area (Å²) in [5, 5.41) is 1.73. The van der Waals surface area contributed by atoms with E-state index in [0.29, 0.717) is 11.4 Å². The highest BCUT2D eigenvalue weighted by molar-refractivity contribution is 9.10. The molecule has 0 saturated heterocycles. The minimum Gasteiger partial charge on any atom is -0.324 e. The van der Waals surface area contributed by atoms with E-state index in [9.17, 15) is 0 Å². The van der Waals surface area contributed by atoms with Crippen LogP contribution in [-0.4, -0.2) is 4.98 Å². The van der Waals surface area contributed by atoms with Crippen molar-refractivity contribution in [3.63, 3.8) is 0 Å². The second-order valence-corrected chi connectivity index (χ2v) is 6.99. The molecule has 0 amide bonds. The first-order valence-electron chi connectivity index (χ1n) is 6.18. The van der Waals surface area contributed by atoms with Gasteiger partial charge in [-0.3, -0.25) is 0 Å². The lowest BCUT2D eigenvalue weighted by molar-refractivity contribution is 0.719. The Morgan fingerprint density at radius 3 is 2.85 bits per heavy atom. The Labute approximate surface area is 134 Å². The Kier molecular flexibility index (Phi) is 4.08. The highest BCUT2D eigenvalue weighted by Gasteiger charge is 2.14. The average molecular weight is 368 g/mol. The molecule has 1 heterocycles. The van der Waals surface area contributed by atoms with E-state index in [2.05, 4.69) is 27.0 Å². The summed E-state index contributed by atoms with van der Waals surface area (Å²) in [6, 6.07) is 13.7. The van der Waals surface area contributed by atoms with Gasteiger partial charge in [0.25, 0.3) is 0 Å². The van der Waals surface area contributed by atoms with Crippen LogP contribution in [-0.2, 0) is 6.42 Å². The van der Waals surface area contributed by atoms with Gasteiger partial charge in [0.2, 0.25) is 0 Å². The third kappa shape index (κ3) is 2.88. The molecule has 0 fully saturated rings. The Morgan fingerprint density at radius 2 is 2.05 bits per heavy atom. The van der Waals surface area contributed by atoms with Crippen LogP contribution in [0.5, 0.6) is 0 Å². The molecule has 3 aromatic rings. The molecule has 2 N–H and O–H groups in total. The molecule has 2 aromatic carbocycles. The van der Waals surface area contributed by atoms with Gasteiger partial charge in [-0.2, -0.15) is 0 Å². The highest BCUT2D eigenvalue weighted by Crippen LogP contribution is 2.29. The van der Waals surface area contributed by atoms with E-state index >= 15 is 0 Å². The lowest BCUT2D eigenvalue weighted by atomic mass is 10.1. The van der Waals surface area contributed by atoms with Crippen molar-refractivity contribution in [1.29, 1.82) is 0 Å². The van der Waals surface area contributed by atoms with Crippen molar-refractivity contribution in [3.8, 4) is 0 Å². The number of thiazole rings is 1. The summed E-state index contributed by atoms with van der Waals surface area (Å²) in [5.41, 5.74) is 8.25. The molecule has 1 aromatic heterocycles. The third-order valence-corrected chi connectivity index (χ3v) is 4.99. The topological polar surface area (TPSA) is 38.9 Å². The first-order chi connectivity index (χ1) is 9.63. The summed E-state index contributed by atoms with van der Waals surface area (Å²) < 4.78 is 2.17. The maximum absolute atomic E-state index is 6.28. The third-order valence-electron chi connectivity index (χ3n) is 3.09. The summed E-state index contributed by atoms with van der Waals surface area (Å²) in [6.45, 7) is 0. The molecule has 0 bridgehead atoms. The predicted molar refractivity (Wildman–Crippen MR) is 89.4 cm³/mol. The van der Waals surface area contributed by atoms with Gasteiger partial charge in [0.1, 0.15) is 0 Å². The highest BCUT2D eigenvalue weighted by atomic mass is 79.9. The Balaban J connectivity index is 1.88. The van der Waals surface area contributed by atoms with Crippen molar-refractivity contribution in [1.82, 2.24) is 4.98 Å². The minimum atomic E-state index is -0.152. The van der Waals surface area contributed by atoms with E-state index in [-0.39, 0.29) is 6.04 Å². The number of hydrogen-bond donors (Lipinski definition) is 1. The van der Waals surface area contributed by atoms with Crippen LogP contribution in [0.1, 0.15) is 16.6 Å². The second kappa shape index (κ2) is 5.82. The molecule has 0 aliphatic carbocycles. The summed E-state index contributed by atoms with van der Waals surface area (Å²) in [5.74, 6) is 0. The Hall–Kier alpha value is -0.940. The molecule has 20 heavy (non-hydrogen) atoms. The molecule has 0 aliphatic rings. The van der Waals surface area contributed by atoms with Crippen LogP contribution in [0.3, 0.4) is 0 Å². The van der Waals surface area contributed by atoms with Gasteiger partial charge < -0.3 is 5.73 Å². The van der Waals surface area contributed by atoms with E-state index in [1.807, 2.05) is 36.4 Å². The van der Waals surface area contributed by atoms with Gasteiger partial charge in [0.15, 0.2) is 0 Å². The van der Waals surface area contributed by atoms with Crippen molar-refractivity contribution in [2.24, 2.45) is 5.73 Å². The van der Waals surface area contributed by atoms with E-state index < -0.39 is 0 Å². The van der Waals surface area contributed by atoms with Crippen molar-refractivity contribution >= 4 is 49.1 Å². The number of hydrogen-bond acceptors (Lipinski definition) is 3. The molecule has 1 unspecified atom stereocenters. The molecular formula is C15H12BrClN2S. The van der Waals surface area contributed by atoms with Gasteiger partial charge >= 0.3 is 0 Å². The molecule has 0 spiro atoms.